The van der Waals surface area contributed by atoms with Crippen LogP contribution in [0.3, 0.4) is 0 Å². The Morgan fingerprint density at radius 1 is 1.03 bits per heavy atom. The van der Waals surface area contributed by atoms with Gasteiger partial charge in [0, 0.05) is 25.0 Å². The first kappa shape index (κ1) is 20.6. The number of carbonyl (C=O) groups excluding carboxylic acids is 3. The number of nitrogens with one attached hydrogen (secondary N) is 2. The van der Waals surface area contributed by atoms with E-state index in [1.165, 1.54) is 16.0 Å². The fourth-order valence-electron chi connectivity index (χ4n) is 5.02. The Labute approximate surface area is 195 Å². The number of fused-ring (bicyclic) bond motifs is 1. The van der Waals surface area contributed by atoms with E-state index in [2.05, 4.69) is 15.8 Å². The van der Waals surface area contributed by atoms with Crippen molar-refractivity contribution in [2.45, 2.75) is 30.5 Å². The largest absolute Gasteiger partial charge is 0.338 e. The number of benzene rings is 2. The zero-order valence-corrected chi connectivity index (χ0v) is 18.3. The summed E-state index contributed by atoms with van der Waals surface area (Å²) in [7, 11) is 0. The van der Waals surface area contributed by atoms with Gasteiger partial charge in [-0.3, -0.25) is 24.7 Å². The minimum absolute atomic E-state index is 0.137. The Morgan fingerprint density at radius 3 is 2.53 bits per heavy atom. The molecule has 1 saturated carbocycles. The van der Waals surface area contributed by atoms with Crippen molar-refractivity contribution in [1.29, 1.82) is 0 Å². The van der Waals surface area contributed by atoms with Gasteiger partial charge in [-0.15, -0.1) is 0 Å². The maximum atomic E-state index is 13.4. The van der Waals surface area contributed by atoms with Crippen LogP contribution in [0.4, 0.5) is 10.7 Å². The van der Waals surface area contributed by atoms with Crippen LogP contribution < -0.4 is 10.6 Å². The average molecular weight is 457 g/mol. The van der Waals surface area contributed by atoms with Crippen LogP contribution in [-0.4, -0.2) is 64.0 Å². The number of imide groups is 1. The van der Waals surface area contributed by atoms with Gasteiger partial charge in [-0.05, 0) is 17.5 Å². The highest BCUT2D eigenvalue weighted by Gasteiger charge is 2.58. The third kappa shape index (κ3) is 3.36. The molecular weight excluding hydrogens is 434 g/mol. The molecule has 2 aliphatic heterocycles. The van der Waals surface area contributed by atoms with Crippen LogP contribution in [0.1, 0.15) is 17.9 Å². The van der Waals surface area contributed by atoms with Crippen molar-refractivity contribution in [2.75, 3.05) is 18.4 Å². The van der Waals surface area contributed by atoms with Gasteiger partial charge in [0.25, 0.3) is 11.8 Å². The molecule has 4 amide bonds. The van der Waals surface area contributed by atoms with Crippen molar-refractivity contribution >= 4 is 23.7 Å². The Morgan fingerprint density at radius 2 is 1.76 bits per heavy atom. The lowest BCUT2D eigenvalue weighted by Gasteiger charge is -2.34. The van der Waals surface area contributed by atoms with Gasteiger partial charge in [-0.1, -0.05) is 65.8 Å². The minimum atomic E-state index is -0.845. The Bertz CT molecular complexity index is 1240. The van der Waals surface area contributed by atoms with E-state index in [0.717, 1.165) is 17.5 Å². The summed E-state index contributed by atoms with van der Waals surface area (Å²) in [6, 6.07) is 17.2. The summed E-state index contributed by atoms with van der Waals surface area (Å²) in [4.78, 5) is 42.6. The molecule has 3 fully saturated rings. The normalized spacial score (nSPS) is 25.9. The number of piperazine rings is 1. The fraction of sp³-hybridized carbons (Fsp3) is 0.280. The first-order chi connectivity index (χ1) is 16.6. The molecule has 0 spiro atoms. The smallest absolute Gasteiger partial charge is 0.328 e. The predicted molar refractivity (Wildman–Crippen MR) is 123 cm³/mol. The Kier molecular flexibility index (Phi) is 4.91. The molecule has 2 unspecified atom stereocenters. The van der Waals surface area contributed by atoms with E-state index in [1.54, 1.807) is 0 Å². The van der Waals surface area contributed by atoms with Gasteiger partial charge in [0.2, 0.25) is 5.88 Å². The number of hydrogen-bond acceptors (Lipinski definition) is 6. The van der Waals surface area contributed by atoms with Gasteiger partial charge >= 0.3 is 6.03 Å². The van der Waals surface area contributed by atoms with Crippen molar-refractivity contribution in [1.82, 2.24) is 20.3 Å². The van der Waals surface area contributed by atoms with Gasteiger partial charge in [-0.25, -0.2) is 4.79 Å². The van der Waals surface area contributed by atoms with E-state index in [-0.39, 0.29) is 30.3 Å². The van der Waals surface area contributed by atoms with E-state index in [0.29, 0.717) is 12.1 Å². The Balaban J connectivity index is 1.21. The molecule has 3 heterocycles. The third-order valence-electron chi connectivity index (χ3n) is 6.81. The number of rotatable bonds is 5. The van der Waals surface area contributed by atoms with Crippen LogP contribution in [0.5, 0.6) is 0 Å². The van der Waals surface area contributed by atoms with Crippen LogP contribution in [0.25, 0.3) is 11.1 Å². The number of nitrogens with zero attached hydrogens (tertiary/aromatic N) is 3. The zero-order chi connectivity index (χ0) is 23.2. The molecule has 9 heteroatoms. The number of anilines is 1. The van der Waals surface area contributed by atoms with Crippen LogP contribution in [0, 0.1) is 0 Å². The molecule has 9 nitrogen and oxygen atoms in total. The SMILES string of the molecule is O=C(Nc1oncc1-c1ccccc1)C1CNCC2C(=O)N([C@H]3C[C@@H]3c3ccccc3)C(=O)N12. The lowest BCUT2D eigenvalue weighted by molar-refractivity contribution is -0.130. The molecule has 2 saturated heterocycles. The summed E-state index contributed by atoms with van der Waals surface area (Å²) in [5.41, 5.74) is 2.60. The molecule has 1 aromatic heterocycles. The number of amides is 4. The highest BCUT2D eigenvalue weighted by molar-refractivity contribution is 6.08. The second-order valence-corrected chi connectivity index (χ2v) is 8.83. The first-order valence-electron chi connectivity index (χ1n) is 11.4. The fourth-order valence-corrected chi connectivity index (χ4v) is 5.02. The summed E-state index contributed by atoms with van der Waals surface area (Å²) in [5, 5.41) is 9.73. The van der Waals surface area contributed by atoms with Crippen molar-refractivity contribution in [3.05, 3.63) is 72.4 Å². The van der Waals surface area contributed by atoms with E-state index in [1.807, 2.05) is 60.7 Å². The molecule has 1 aliphatic carbocycles. The quantitative estimate of drug-likeness (QED) is 0.570. The van der Waals surface area contributed by atoms with E-state index in [9.17, 15) is 14.4 Å². The summed E-state index contributed by atoms with van der Waals surface area (Å²) in [6.45, 7) is 0.571. The second-order valence-electron chi connectivity index (χ2n) is 8.83. The summed E-state index contributed by atoms with van der Waals surface area (Å²) < 4.78 is 5.29. The van der Waals surface area contributed by atoms with Crippen LogP contribution in [0.2, 0.25) is 0 Å². The maximum absolute atomic E-state index is 13.4. The number of aromatic nitrogens is 1. The van der Waals surface area contributed by atoms with Crippen molar-refractivity contribution in [3.63, 3.8) is 0 Å². The van der Waals surface area contributed by atoms with Crippen molar-refractivity contribution in [3.8, 4) is 11.1 Å². The number of hydrogen-bond donors (Lipinski definition) is 2. The van der Waals surface area contributed by atoms with E-state index in [4.69, 9.17) is 4.52 Å². The molecule has 0 bridgehead atoms. The van der Waals surface area contributed by atoms with Crippen LogP contribution >= 0.6 is 0 Å². The lowest BCUT2D eigenvalue weighted by atomic mass is 10.1. The standard InChI is InChI=1S/C25H23N5O4/c31-22(28-23-18(12-27-34-23)16-9-5-2-6-10-16)20-13-26-14-21-24(32)30(25(33)29(20)21)19-11-17(19)15-7-3-1-4-8-15/h1-10,12,17,19-21,26H,11,13-14H2,(H,28,31)/t17-,19+,20?,21?/m1/s1. The van der Waals surface area contributed by atoms with E-state index < -0.39 is 24.0 Å². The topological polar surface area (TPSA) is 108 Å². The molecule has 34 heavy (non-hydrogen) atoms. The molecule has 6 rings (SSSR count). The van der Waals surface area contributed by atoms with Crippen LogP contribution in [0.15, 0.2) is 71.4 Å². The molecule has 2 aromatic carbocycles. The summed E-state index contributed by atoms with van der Waals surface area (Å²) in [6.07, 6.45) is 2.28. The molecule has 4 atom stereocenters. The van der Waals surface area contributed by atoms with Gasteiger partial charge < -0.3 is 9.84 Å². The number of urea groups is 1. The van der Waals surface area contributed by atoms with Crippen molar-refractivity contribution < 1.29 is 18.9 Å². The summed E-state index contributed by atoms with van der Waals surface area (Å²) >= 11 is 0. The van der Waals surface area contributed by atoms with Gasteiger partial charge in [-0.2, -0.15) is 0 Å². The maximum Gasteiger partial charge on any atom is 0.328 e. The molecule has 3 aliphatic rings. The van der Waals surface area contributed by atoms with Gasteiger partial charge in [0.1, 0.15) is 12.1 Å². The number of carbonyl (C=O) groups is 3. The van der Waals surface area contributed by atoms with Gasteiger partial charge in [0.05, 0.1) is 11.8 Å². The molecular formula is C25H23N5O4. The monoisotopic (exact) mass is 457 g/mol. The first-order valence-corrected chi connectivity index (χ1v) is 11.4. The molecule has 172 valence electrons. The molecule has 3 aromatic rings. The summed E-state index contributed by atoms with van der Waals surface area (Å²) in [5.74, 6) is -0.328. The minimum Gasteiger partial charge on any atom is -0.338 e. The van der Waals surface area contributed by atoms with E-state index >= 15 is 0 Å². The van der Waals surface area contributed by atoms with Gasteiger partial charge in [0.15, 0.2) is 0 Å². The van der Waals surface area contributed by atoms with Crippen LogP contribution in [-0.2, 0) is 9.59 Å². The average Bonchev–Trinajstić information content (AvgIpc) is 3.44. The highest BCUT2D eigenvalue weighted by Crippen LogP contribution is 2.47. The molecule has 0 radical (unpaired) electrons. The Hall–Kier alpha value is -3.98. The molecule has 2 N–H and O–H groups in total. The second kappa shape index (κ2) is 8.11. The predicted octanol–water partition coefficient (Wildman–Crippen LogP) is 2.44. The highest BCUT2D eigenvalue weighted by atomic mass is 16.5. The third-order valence-corrected chi connectivity index (χ3v) is 6.81. The van der Waals surface area contributed by atoms with Crippen molar-refractivity contribution in [2.24, 2.45) is 0 Å². The lowest BCUT2D eigenvalue weighted by Crippen LogP contribution is -2.61. The zero-order valence-electron chi connectivity index (χ0n) is 18.3.